The molecule has 0 radical (unpaired) electrons. The molecule has 11 heteroatoms. The second kappa shape index (κ2) is 11.7. The highest BCUT2D eigenvalue weighted by Gasteiger charge is 2.48. The summed E-state index contributed by atoms with van der Waals surface area (Å²) in [6, 6.07) is 14.6. The zero-order valence-electron chi connectivity index (χ0n) is 25.3. The van der Waals surface area contributed by atoms with Gasteiger partial charge in [0.15, 0.2) is 11.6 Å². The van der Waals surface area contributed by atoms with Gasteiger partial charge < -0.3 is 4.42 Å². The summed E-state index contributed by atoms with van der Waals surface area (Å²) >= 11 is 0. The molecule has 1 aliphatic rings. The van der Waals surface area contributed by atoms with Gasteiger partial charge in [0.25, 0.3) is 0 Å². The number of ketones is 2. The van der Waals surface area contributed by atoms with Crippen LogP contribution in [0.1, 0.15) is 67.2 Å². The molecule has 1 aliphatic carbocycles. The van der Waals surface area contributed by atoms with E-state index in [1.165, 1.54) is 52.8 Å². The minimum atomic E-state index is -4.59. The average molecular weight is 644 g/mol. The quantitative estimate of drug-likeness (QED) is 0.120. The van der Waals surface area contributed by atoms with Crippen molar-refractivity contribution in [1.29, 1.82) is 0 Å². The molecule has 0 aliphatic heterocycles. The van der Waals surface area contributed by atoms with Crippen LogP contribution in [0.25, 0.3) is 33.4 Å². The Morgan fingerprint density at radius 2 is 1.62 bits per heavy atom. The Morgan fingerprint density at radius 1 is 0.956 bits per heavy atom. The van der Waals surface area contributed by atoms with Crippen LogP contribution in [0.5, 0.6) is 0 Å². The highest BCUT2D eigenvalue weighted by Crippen LogP contribution is 2.44. The Bertz CT molecular complexity index is 1890. The first-order chi connectivity index (χ1) is 21.0. The Labute approximate surface area is 259 Å². The van der Waals surface area contributed by atoms with Crippen molar-refractivity contribution in [2.24, 2.45) is 11.3 Å². The van der Waals surface area contributed by atoms with Gasteiger partial charge in [-0.05, 0) is 60.7 Å². The van der Waals surface area contributed by atoms with E-state index < -0.39 is 39.6 Å². The molecule has 0 bridgehead atoms. The van der Waals surface area contributed by atoms with Crippen LogP contribution in [0.2, 0.25) is 0 Å². The molecular formula is C34H33F4NO5S. The molecular weight excluding hydrogens is 610 g/mol. The van der Waals surface area contributed by atoms with Crippen molar-refractivity contribution in [3.8, 4) is 22.5 Å². The van der Waals surface area contributed by atoms with Crippen molar-refractivity contribution in [3.05, 3.63) is 77.6 Å². The van der Waals surface area contributed by atoms with Crippen LogP contribution in [0.3, 0.4) is 0 Å². The Hall–Kier alpha value is -3.99. The maximum Gasteiger partial charge on any atom is 0.394 e. The maximum absolute atomic E-state index is 13.7. The lowest BCUT2D eigenvalue weighted by Crippen LogP contribution is -2.34. The van der Waals surface area contributed by atoms with E-state index in [1.807, 2.05) is 0 Å². The maximum atomic E-state index is 13.7. The van der Waals surface area contributed by atoms with Crippen LogP contribution < -0.4 is 4.31 Å². The number of nitrogens with zero attached hydrogens (tertiary/aromatic N) is 1. The van der Waals surface area contributed by atoms with Crippen molar-refractivity contribution in [2.45, 2.75) is 52.6 Å². The van der Waals surface area contributed by atoms with Gasteiger partial charge in [-0.15, -0.1) is 0 Å². The lowest BCUT2D eigenvalue weighted by molar-refractivity contribution is -0.210. The normalized spacial score (nSPS) is 14.1. The highest BCUT2D eigenvalue weighted by molar-refractivity contribution is 7.92. The minimum Gasteiger partial charge on any atom is -0.455 e. The van der Waals surface area contributed by atoms with Crippen molar-refractivity contribution in [2.75, 3.05) is 17.1 Å². The summed E-state index contributed by atoms with van der Waals surface area (Å²) < 4.78 is 88.2. The molecule has 1 heterocycles. The predicted molar refractivity (Wildman–Crippen MR) is 165 cm³/mol. The van der Waals surface area contributed by atoms with E-state index in [2.05, 4.69) is 0 Å². The molecule has 3 aromatic carbocycles. The number of hydrogen-bond donors (Lipinski definition) is 0. The number of halogens is 4. The SMILES string of the molecule is CCC(=O)c1c(-c2ccc(F)cc2)oc2cc(N(CC3CC3)S(C)(=O)=O)c(-c3cccc(C(=O)CC(C)(C)C(F)(F)F)c3)cc12. The van der Waals surface area contributed by atoms with E-state index in [0.717, 1.165) is 32.9 Å². The molecule has 0 saturated heterocycles. The first kappa shape index (κ1) is 32.4. The fourth-order valence-corrected chi connectivity index (χ4v) is 6.23. The van der Waals surface area contributed by atoms with Crippen molar-refractivity contribution >= 4 is 38.2 Å². The van der Waals surface area contributed by atoms with Gasteiger partial charge >= 0.3 is 6.18 Å². The van der Waals surface area contributed by atoms with Crippen LogP contribution >= 0.6 is 0 Å². The summed E-state index contributed by atoms with van der Waals surface area (Å²) in [5.41, 5.74) is -0.329. The minimum absolute atomic E-state index is 0.0352. The van der Waals surface area contributed by atoms with E-state index in [-0.39, 0.29) is 52.8 Å². The number of rotatable bonds is 11. The summed E-state index contributed by atoms with van der Waals surface area (Å²) in [5, 5.41) is 0.384. The summed E-state index contributed by atoms with van der Waals surface area (Å²) in [5.74, 6) is -1.11. The van der Waals surface area contributed by atoms with E-state index in [1.54, 1.807) is 19.1 Å². The summed E-state index contributed by atoms with van der Waals surface area (Å²) in [6.45, 7) is 3.81. The zero-order valence-corrected chi connectivity index (χ0v) is 26.1. The number of furan rings is 1. The number of sulfonamides is 1. The van der Waals surface area contributed by atoms with Crippen LogP contribution in [-0.2, 0) is 10.0 Å². The molecule has 0 N–H and O–H groups in total. The third-order valence-electron chi connectivity index (χ3n) is 8.17. The fourth-order valence-electron chi connectivity index (χ4n) is 5.24. The molecule has 0 unspecified atom stereocenters. The van der Waals surface area contributed by atoms with Crippen molar-refractivity contribution in [3.63, 3.8) is 0 Å². The van der Waals surface area contributed by atoms with Crippen molar-refractivity contribution in [1.82, 2.24) is 0 Å². The number of hydrogen-bond acceptors (Lipinski definition) is 5. The second-order valence-corrected chi connectivity index (χ2v) is 14.2. The largest absolute Gasteiger partial charge is 0.455 e. The van der Waals surface area contributed by atoms with Gasteiger partial charge in [0.2, 0.25) is 10.0 Å². The third-order valence-corrected chi connectivity index (χ3v) is 9.31. The number of benzene rings is 3. The lowest BCUT2D eigenvalue weighted by atomic mass is 9.84. The topological polar surface area (TPSA) is 84.7 Å². The first-order valence-electron chi connectivity index (χ1n) is 14.6. The summed E-state index contributed by atoms with van der Waals surface area (Å²) in [4.78, 5) is 26.4. The van der Waals surface area contributed by atoms with E-state index in [0.29, 0.717) is 22.1 Å². The highest BCUT2D eigenvalue weighted by atomic mass is 32.2. The molecule has 4 aromatic rings. The predicted octanol–water partition coefficient (Wildman–Crippen LogP) is 8.84. The molecule has 238 valence electrons. The van der Waals surface area contributed by atoms with Gasteiger partial charge in [-0.3, -0.25) is 13.9 Å². The van der Waals surface area contributed by atoms with Crippen LogP contribution in [0.4, 0.5) is 23.2 Å². The third kappa shape index (κ3) is 6.68. The van der Waals surface area contributed by atoms with Crippen LogP contribution in [-0.4, -0.2) is 39.0 Å². The number of Topliss-reactive ketones (excluding diaryl/α,β-unsaturated/α-hetero) is 2. The molecule has 1 aromatic heterocycles. The summed E-state index contributed by atoms with van der Waals surface area (Å²) in [7, 11) is -3.83. The van der Waals surface area contributed by atoms with Crippen molar-refractivity contribution < 1.29 is 40.0 Å². The van der Waals surface area contributed by atoms with Gasteiger partial charge in [0.05, 0.1) is 22.9 Å². The van der Waals surface area contributed by atoms with Gasteiger partial charge in [0, 0.05) is 47.5 Å². The fraction of sp³-hybridized carbons (Fsp3) is 0.353. The number of carbonyl (C=O) groups excluding carboxylic acids is 2. The van der Waals surface area contributed by atoms with Gasteiger partial charge in [-0.2, -0.15) is 13.2 Å². The molecule has 0 spiro atoms. The van der Waals surface area contributed by atoms with Gasteiger partial charge in [0.1, 0.15) is 17.2 Å². The lowest BCUT2D eigenvalue weighted by Gasteiger charge is -2.27. The molecule has 1 saturated carbocycles. The van der Waals surface area contributed by atoms with E-state index in [9.17, 15) is 35.6 Å². The second-order valence-electron chi connectivity index (χ2n) is 12.3. The number of anilines is 1. The Morgan fingerprint density at radius 3 is 2.20 bits per heavy atom. The molecule has 6 nitrogen and oxygen atoms in total. The molecule has 5 rings (SSSR count). The average Bonchev–Trinajstić information content (AvgIpc) is 3.72. The van der Waals surface area contributed by atoms with Crippen LogP contribution in [0, 0.1) is 17.2 Å². The van der Waals surface area contributed by atoms with E-state index in [4.69, 9.17) is 4.42 Å². The van der Waals surface area contributed by atoms with Gasteiger partial charge in [-0.25, -0.2) is 12.8 Å². The Kier molecular flexibility index (Phi) is 8.46. The molecule has 0 atom stereocenters. The summed E-state index contributed by atoms with van der Waals surface area (Å²) in [6.07, 6.45) is -2.46. The standard InChI is InChI=1S/C34H33F4NO5S/c1-5-28(40)31-26-16-25(22-7-6-8-23(15-22)29(41)18-33(2,3)34(36,37)38)27(39(45(4,42)43)19-20-9-10-20)17-30(26)44-32(31)21-11-13-24(35)14-12-21/h6-8,11-17,20H,5,9-10,18-19H2,1-4H3. The number of fused-ring (bicyclic) bond motifs is 1. The number of carbonyl (C=O) groups is 2. The smallest absolute Gasteiger partial charge is 0.394 e. The zero-order chi connectivity index (χ0) is 32.9. The van der Waals surface area contributed by atoms with Crippen LogP contribution in [0.15, 0.2) is 65.1 Å². The van der Waals surface area contributed by atoms with E-state index >= 15 is 0 Å². The monoisotopic (exact) mass is 643 g/mol. The van der Waals surface area contributed by atoms with Gasteiger partial charge in [-0.1, -0.05) is 39.0 Å². The molecule has 1 fully saturated rings. The first-order valence-corrected chi connectivity index (χ1v) is 16.4. The number of alkyl halides is 3. The molecule has 0 amide bonds. The Balaban J connectivity index is 1.75. The molecule has 45 heavy (non-hydrogen) atoms.